The predicted molar refractivity (Wildman–Crippen MR) is 70.4 cm³/mol. The maximum atomic E-state index is 9.07. The van der Waals surface area contributed by atoms with Gasteiger partial charge in [-0.15, -0.1) is 0 Å². The molecule has 4 heteroatoms. The molecule has 0 saturated heterocycles. The molecule has 1 N–H and O–H groups in total. The van der Waals surface area contributed by atoms with Gasteiger partial charge in [-0.3, -0.25) is 0 Å². The molecule has 0 spiro atoms. The number of aliphatic hydroxyl groups excluding tert-OH is 1. The van der Waals surface area contributed by atoms with Crippen molar-refractivity contribution in [1.82, 2.24) is 4.98 Å². The Bertz CT molecular complexity index is 689. The Hall–Kier alpha value is -1.84. The molecule has 0 radical (unpaired) electrons. The molecule has 0 aliphatic carbocycles. The van der Waals surface area contributed by atoms with Crippen molar-refractivity contribution in [3.8, 4) is 11.5 Å². The highest BCUT2D eigenvalue weighted by Crippen LogP contribution is 2.25. The van der Waals surface area contributed by atoms with E-state index in [1.165, 1.54) is 0 Å². The highest BCUT2D eigenvalue weighted by Gasteiger charge is 2.08. The van der Waals surface area contributed by atoms with Crippen LogP contribution in [0.1, 0.15) is 5.56 Å². The van der Waals surface area contributed by atoms with E-state index in [1.54, 1.807) is 18.2 Å². The number of aliphatic hydroxyl groups is 1. The molecule has 0 fully saturated rings. The zero-order valence-electron chi connectivity index (χ0n) is 9.43. The van der Waals surface area contributed by atoms with Crippen molar-refractivity contribution in [2.24, 2.45) is 0 Å². The van der Waals surface area contributed by atoms with E-state index in [0.29, 0.717) is 16.5 Å². The number of oxazole rings is 1. The van der Waals surface area contributed by atoms with Gasteiger partial charge in [0.05, 0.1) is 6.61 Å². The van der Waals surface area contributed by atoms with Crippen LogP contribution in [0.2, 0.25) is 5.02 Å². The number of hydrogen-bond acceptors (Lipinski definition) is 3. The molecule has 0 bridgehead atoms. The molecule has 3 nitrogen and oxygen atoms in total. The van der Waals surface area contributed by atoms with E-state index in [0.717, 1.165) is 16.6 Å². The minimum absolute atomic E-state index is 0.00703. The van der Waals surface area contributed by atoms with Gasteiger partial charge in [0, 0.05) is 10.6 Å². The van der Waals surface area contributed by atoms with Crippen molar-refractivity contribution in [2.75, 3.05) is 0 Å². The molecule has 1 heterocycles. The minimum Gasteiger partial charge on any atom is -0.436 e. The molecule has 0 amide bonds. The SMILES string of the molecule is OCc1ccc2nc(-c3ccc(Cl)cc3)oc2c1. The molecular formula is C14H10ClNO2. The van der Waals surface area contributed by atoms with Gasteiger partial charge in [-0.25, -0.2) is 4.98 Å². The number of halogens is 1. The Balaban J connectivity index is 2.10. The summed E-state index contributed by atoms with van der Waals surface area (Å²) in [7, 11) is 0. The van der Waals surface area contributed by atoms with Gasteiger partial charge in [0.25, 0.3) is 0 Å². The fraction of sp³-hybridized carbons (Fsp3) is 0.0714. The van der Waals surface area contributed by atoms with E-state index >= 15 is 0 Å². The summed E-state index contributed by atoms with van der Waals surface area (Å²) >= 11 is 5.84. The van der Waals surface area contributed by atoms with Crippen LogP contribution in [0.5, 0.6) is 0 Å². The van der Waals surface area contributed by atoms with Crippen LogP contribution in [0.4, 0.5) is 0 Å². The smallest absolute Gasteiger partial charge is 0.227 e. The van der Waals surface area contributed by atoms with Crippen molar-refractivity contribution >= 4 is 22.7 Å². The Labute approximate surface area is 109 Å². The van der Waals surface area contributed by atoms with Gasteiger partial charge >= 0.3 is 0 Å². The monoisotopic (exact) mass is 259 g/mol. The summed E-state index contributed by atoms with van der Waals surface area (Å²) in [4.78, 5) is 4.40. The molecule has 90 valence electrons. The van der Waals surface area contributed by atoms with Crippen LogP contribution < -0.4 is 0 Å². The second kappa shape index (κ2) is 4.44. The Kier molecular flexibility index (Phi) is 2.78. The largest absolute Gasteiger partial charge is 0.436 e. The molecular weight excluding hydrogens is 250 g/mol. The lowest BCUT2D eigenvalue weighted by Gasteiger charge is -1.94. The van der Waals surface area contributed by atoms with Gasteiger partial charge in [-0.05, 0) is 42.0 Å². The Morgan fingerprint density at radius 1 is 1.11 bits per heavy atom. The van der Waals surface area contributed by atoms with E-state index < -0.39 is 0 Å². The van der Waals surface area contributed by atoms with Gasteiger partial charge in [0.2, 0.25) is 5.89 Å². The maximum Gasteiger partial charge on any atom is 0.227 e. The van der Waals surface area contributed by atoms with Crippen LogP contribution in [-0.4, -0.2) is 10.1 Å². The molecule has 1 aromatic heterocycles. The summed E-state index contributed by atoms with van der Waals surface area (Å²) < 4.78 is 5.67. The molecule has 3 aromatic rings. The third-order valence-corrected chi connectivity index (χ3v) is 2.98. The van der Waals surface area contributed by atoms with Crippen LogP contribution in [0.15, 0.2) is 46.9 Å². The number of rotatable bonds is 2. The maximum absolute atomic E-state index is 9.07. The van der Waals surface area contributed by atoms with Gasteiger partial charge in [-0.1, -0.05) is 17.7 Å². The number of benzene rings is 2. The summed E-state index contributed by atoms with van der Waals surface area (Å²) in [6.07, 6.45) is 0. The summed E-state index contributed by atoms with van der Waals surface area (Å²) in [5.41, 5.74) is 3.13. The van der Waals surface area contributed by atoms with Gasteiger partial charge < -0.3 is 9.52 Å². The molecule has 18 heavy (non-hydrogen) atoms. The highest BCUT2D eigenvalue weighted by atomic mass is 35.5. The van der Waals surface area contributed by atoms with Crippen molar-refractivity contribution in [2.45, 2.75) is 6.61 Å². The first-order valence-electron chi connectivity index (χ1n) is 5.52. The molecule has 0 aliphatic rings. The second-order valence-corrected chi connectivity index (χ2v) is 4.42. The normalized spacial score (nSPS) is 11.0. The number of hydrogen-bond donors (Lipinski definition) is 1. The zero-order valence-corrected chi connectivity index (χ0v) is 10.2. The lowest BCUT2D eigenvalue weighted by atomic mass is 10.2. The molecule has 0 unspecified atom stereocenters. The fourth-order valence-corrected chi connectivity index (χ4v) is 1.91. The van der Waals surface area contributed by atoms with Gasteiger partial charge in [0.1, 0.15) is 5.52 Å². The third kappa shape index (κ3) is 1.98. The average molecular weight is 260 g/mol. The molecule has 0 aliphatic heterocycles. The summed E-state index contributed by atoms with van der Waals surface area (Å²) in [6.45, 7) is -0.00703. The average Bonchev–Trinajstić information content (AvgIpc) is 2.82. The van der Waals surface area contributed by atoms with Crippen molar-refractivity contribution in [3.05, 3.63) is 53.1 Å². The van der Waals surface area contributed by atoms with Crippen molar-refractivity contribution in [3.63, 3.8) is 0 Å². The molecule has 3 rings (SSSR count). The van der Waals surface area contributed by atoms with E-state index in [4.69, 9.17) is 21.1 Å². The van der Waals surface area contributed by atoms with Crippen molar-refractivity contribution in [1.29, 1.82) is 0 Å². The van der Waals surface area contributed by atoms with Crippen LogP contribution >= 0.6 is 11.6 Å². The quantitative estimate of drug-likeness (QED) is 0.764. The van der Waals surface area contributed by atoms with Crippen LogP contribution in [-0.2, 0) is 6.61 Å². The number of fused-ring (bicyclic) bond motifs is 1. The first-order chi connectivity index (χ1) is 8.76. The minimum atomic E-state index is -0.00703. The summed E-state index contributed by atoms with van der Waals surface area (Å²) in [5, 5.41) is 9.75. The van der Waals surface area contributed by atoms with E-state index in [-0.39, 0.29) is 6.61 Å². The first kappa shape index (κ1) is 11.3. The first-order valence-corrected chi connectivity index (χ1v) is 5.90. The second-order valence-electron chi connectivity index (χ2n) is 3.99. The van der Waals surface area contributed by atoms with Crippen LogP contribution in [0, 0.1) is 0 Å². The summed E-state index contributed by atoms with van der Waals surface area (Å²) in [6, 6.07) is 12.8. The van der Waals surface area contributed by atoms with E-state index in [9.17, 15) is 0 Å². The van der Waals surface area contributed by atoms with Gasteiger partial charge in [0.15, 0.2) is 5.58 Å². The highest BCUT2D eigenvalue weighted by molar-refractivity contribution is 6.30. The predicted octanol–water partition coefficient (Wildman–Crippen LogP) is 3.64. The summed E-state index contributed by atoms with van der Waals surface area (Å²) in [5.74, 6) is 0.553. The lowest BCUT2D eigenvalue weighted by Crippen LogP contribution is -1.80. The van der Waals surface area contributed by atoms with Gasteiger partial charge in [-0.2, -0.15) is 0 Å². The molecule has 2 aromatic carbocycles. The standard InChI is InChI=1S/C14H10ClNO2/c15-11-4-2-10(3-5-11)14-16-12-6-1-9(8-17)7-13(12)18-14/h1-7,17H,8H2. The van der Waals surface area contributed by atoms with Crippen molar-refractivity contribution < 1.29 is 9.52 Å². The fourth-order valence-electron chi connectivity index (χ4n) is 1.78. The lowest BCUT2D eigenvalue weighted by molar-refractivity contribution is 0.282. The Morgan fingerprint density at radius 2 is 1.89 bits per heavy atom. The van der Waals surface area contributed by atoms with Crippen LogP contribution in [0.3, 0.4) is 0 Å². The van der Waals surface area contributed by atoms with E-state index in [2.05, 4.69) is 4.98 Å². The van der Waals surface area contributed by atoms with Crippen LogP contribution in [0.25, 0.3) is 22.6 Å². The molecule has 0 saturated carbocycles. The Morgan fingerprint density at radius 3 is 2.61 bits per heavy atom. The zero-order chi connectivity index (χ0) is 12.5. The van der Waals surface area contributed by atoms with E-state index in [1.807, 2.05) is 24.3 Å². The molecule has 0 atom stereocenters. The number of aromatic nitrogens is 1. The number of nitrogens with zero attached hydrogens (tertiary/aromatic N) is 1. The third-order valence-electron chi connectivity index (χ3n) is 2.73. The topological polar surface area (TPSA) is 46.3 Å².